The summed E-state index contributed by atoms with van der Waals surface area (Å²) >= 11 is 0. The van der Waals surface area contributed by atoms with E-state index in [1.165, 1.54) is 11.0 Å². The molecule has 0 aliphatic heterocycles. The normalized spacial score (nSPS) is 9.88. The number of rotatable bonds is 4. The lowest BCUT2D eigenvalue weighted by atomic mass is 10.2. The maximum absolute atomic E-state index is 12.5. The van der Waals surface area contributed by atoms with E-state index in [2.05, 4.69) is 4.98 Å². The average Bonchev–Trinajstić information content (AvgIpc) is 2.25. The van der Waals surface area contributed by atoms with Gasteiger partial charge in [0, 0.05) is 12.7 Å². The fourth-order valence-electron chi connectivity index (χ4n) is 1.20. The van der Waals surface area contributed by atoms with Crippen LogP contribution >= 0.6 is 0 Å². The standard InChI is InChI=1S/C10H12FN3O2/c1-2-14(6-9(12)15)10(16)7-3-4-8(11)13-5-7/h3-5H,2,6H2,1H3,(H2,12,15). The van der Waals surface area contributed by atoms with Gasteiger partial charge in [-0.05, 0) is 19.1 Å². The molecule has 0 aliphatic rings. The first-order valence-corrected chi connectivity index (χ1v) is 4.73. The molecule has 0 unspecified atom stereocenters. The number of carbonyl (C=O) groups excluding carboxylic acids is 2. The Balaban J connectivity index is 2.82. The summed E-state index contributed by atoms with van der Waals surface area (Å²) in [5.74, 6) is -1.64. The van der Waals surface area contributed by atoms with Gasteiger partial charge in [-0.15, -0.1) is 0 Å². The van der Waals surface area contributed by atoms with Crippen LogP contribution in [-0.2, 0) is 4.79 Å². The molecule has 0 atom stereocenters. The Morgan fingerprint density at radius 3 is 2.62 bits per heavy atom. The predicted octanol–water partition coefficient (Wildman–Crippen LogP) is 0.168. The molecular weight excluding hydrogens is 213 g/mol. The molecule has 86 valence electrons. The lowest BCUT2D eigenvalue weighted by Crippen LogP contribution is -2.38. The van der Waals surface area contributed by atoms with E-state index in [0.717, 1.165) is 12.3 Å². The third-order valence-corrected chi connectivity index (χ3v) is 1.99. The minimum absolute atomic E-state index is 0.160. The highest BCUT2D eigenvalue weighted by atomic mass is 19.1. The molecule has 0 fully saturated rings. The minimum atomic E-state index is -0.658. The molecule has 1 aromatic heterocycles. The first-order valence-electron chi connectivity index (χ1n) is 4.73. The van der Waals surface area contributed by atoms with E-state index in [-0.39, 0.29) is 12.1 Å². The number of nitrogens with two attached hydrogens (primary N) is 1. The molecule has 2 N–H and O–H groups in total. The zero-order valence-corrected chi connectivity index (χ0v) is 8.81. The van der Waals surface area contributed by atoms with E-state index in [0.29, 0.717) is 6.54 Å². The van der Waals surface area contributed by atoms with Gasteiger partial charge in [0.05, 0.1) is 12.1 Å². The number of pyridine rings is 1. The smallest absolute Gasteiger partial charge is 0.255 e. The van der Waals surface area contributed by atoms with Crippen LogP contribution in [-0.4, -0.2) is 34.8 Å². The van der Waals surface area contributed by atoms with Crippen molar-refractivity contribution in [2.24, 2.45) is 5.73 Å². The van der Waals surface area contributed by atoms with E-state index in [1.807, 2.05) is 0 Å². The highest BCUT2D eigenvalue weighted by Crippen LogP contribution is 2.04. The van der Waals surface area contributed by atoms with Gasteiger partial charge in [0.15, 0.2) is 0 Å². The van der Waals surface area contributed by atoms with Crippen LogP contribution in [0.2, 0.25) is 0 Å². The molecule has 2 amide bonds. The molecule has 1 aromatic rings. The zero-order chi connectivity index (χ0) is 12.1. The number of aromatic nitrogens is 1. The summed E-state index contributed by atoms with van der Waals surface area (Å²) in [6.45, 7) is 1.91. The quantitative estimate of drug-likeness (QED) is 0.742. The summed E-state index contributed by atoms with van der Waals surface area (Å²) in [6.07, 6.45) is 1.13. The fraction of sp³-hybridized carbons (Fsp3) is 0.300. The van der Waals surface area contributed by atoms with Crippen molar-refractivity contribution < 1.29 is 14.0 Å². The lowest BCUT2D eigenvalue weighted by molar-refractivity contribution is -0.118. The molecule has 1 heterocycles. The van der Waals surface area contributed by atoms with Gasteiger partial charge in [0.25, 0.3) is 5.91 Å². The van der Waals surface area contributed by atoms with Gasteiger partial charge < -0.3 is 10.6 Å². The second-order valence-corrected chi connectivity index (χ2v) is 3.16. The monoisotopic (exact) mass is 225 g/mol. The van der Waals surface area contributed by atoms with Gasteiger partial charge in [0.2, 0.25) is 11.9 Å². The SMILES string of the molecule is CCN(CC(N)=O)C(=O)c1ccc(F)nc1. The van der Waals surface area contributed by atoms with Crippen LogP contribution < -0.4 is 5.73 Å². The third-order valence-electron chi connectivity index (χ3n) is 1.99. The number of hydrogen-bond donors (Lipinski definition) is 1. The molecule has 0 saturated heterocycles. The van der Waals surface area contributed by atoms with E-state index < -0.39 is 17.8 Å². The Morgan fingerprint density at radius 2 is 2.19 bits per heavy atom. The van der Waals surface area contributed by atoms with Crippen molar-refractivity contribution in [1.82, 2.24) is 9.88 Å². The highest BCUT2D eigenvalue weighted by Gasteiger charge is 2.16. The second-order valence-electron chi connectivity index (χ2n) is 3.16. The first kappa shape index (κ1) is 12.1. The Hall–Kier alpha value is -1.98. The largest absolute Gasteiger partial charge is 0.368 e. The molecule has 0 saturated carbocycles. The minimum Gasteiger partial charge on any atom is -0.368 e. The number of halogens is 1. The van der Waals surface area contributed by atoms with Gasteiger partial charge in [-0.2, -0.15) is 4.39 Å². The Kier molecular flexibility index (Phi) is 3.93. The molecule has 1 rings (SSSR count). The fourth-order valence-corrected chi connectivity index (χ4v) is 1.20. The molecule has 16 heavy (non-hydrogen) atoms. The Bertz CT molecular complexity index is 392. The highest BCUT2D eigenvalue weighted by molar-refractivity contribution is 5.96. The Morgan fingerprint density at radius 1 is 1.50 bits per heavy atom. The number of likely N-dealkylation sites (N-methyl/N-ethyl adjacent to an activating group) is 1. The maximum atomic E-state index is 12.5. The number of amides is 2. The first-order chi connectivity index (χ1) is 7.54. The number of hydrogen-bond acceptors (Lipinski definition) is 3. The maximum Gasteiger partial charge on any atom is 0.255 e. The van der Waals surface area contributed by atoms with Crippen LogP contribution in [0.1, 0.15) is 17.3 Å². The molecule has 0 aromatic carbocycles. The van der Waals surface area contributed by atoms with Crippen molar-refractivity contribution >= 4 is 11.8 Å². The molecule has 0 bridgehead atoms. The van der Waals surface area contributed by atoms with Crippen LogP contribution in [0.4, 0.5) is 4.39 Å². The summed E-state index contributed by atoms with van der Waals surface area (Å²) in [7, 11) is 0. The summed E-state index contributed by atoms with van der Waals surface area (Å²) in [6, 6.07) is 2.40. The van der Waals surface area contributed by atoms with Gasteiger partial charge in [0.1, 0.15) is 0 Å². The van der Waals surface area contributed by atoms with Crippen LogP contribution in [0, 0.1) is 5.95 Å². The van der Waals surface area contributed by atoms with Crippen LogP contribution in [0.3, 0.4) is 0 Å². The van der Waals surface area contributed by atoms with Gasteiger partial charge in [-0.1, -0.05) is 0 Å². The summed E-state index contributed by atoms with van der Waals surface area (Å²) < 4.78 is 12.5. The van der Waals surface area contributed by atoms with Crippen molar-refractivity contribution in [3.63, 3.8) is 0 Å². The molecule has 6 heteroatoms. The van der Waals surface area contributed by atoms with Crippen molar-refractivity contribution in [3.05, 3.63) is 29.8 Å². The Labute approximate surface area is 92.1 Å². The van der Waals surface area contributed by atoms with Crippen molar-refractivity contribution in [1.29, 1.82) is 0 Å². The van der Waals surface area contributed by atoms with Gasteiger partial charge in [-0.25, -0.2) is 4.98 Å². The topological polar surface area (TPSA) is 76.3 Å². The van der Waals surface area contributed by atoms with Crippen LogP contribution in [0.5, 0.6) is 0 Å². The molecule has 0 spiro atoms. The van der Waals surface area contributed by atoms with E-state index in [9.17, 15) is 14.0 Å². The molecular formula is C10H12FN3O2. The summed E-state index contributed by atoms with van der Waals surface area (Å²) in [5, 5.41) is 0. The average molecular weight is 225 g/mol. The van der Waals surface area contributed by atoms with Crippen molar-refractivity contribution in [2.45, 2.75) is 6.92 Å². The second kappa shape index (κ2) is 5.20. The molecule has 5 nitrogen and oxygen atoms in total. The third kappa shape index (κ3) is 3.01. The summed E-state index contributed by atoms with van der Waals surface area (Å²) in [5.41, 5.74) is 5.23. The van der Waals surface area contributed by atoms with Crippen molar-refractivity contribution in [3.8, 4) is 0 Å². The lowest BCUT2D eigenvalue weighted by Gasteiger charge is -2.18. The number of nitrogens with zero attached hydrogens (tertiary/aromatic N) is 2. The van der Waals surface area contributed by atoms with Gasteiger partial charge in [-0.3, -0.25) is 9.59 Å². The van der Waals surface area contributed by atoms with Crippen molar-refractivity contribution in [2.75, 3.05) is 13.1 Å². The van der Waals surface area contributed by atoms with Crippen LogP contribution in [0.15, 0.2) is 18.3 Å². The molecule has 0 radical (unpaired) electrons. The van der Waals surface area contributed by atoms with E-state index in [1.54, 1.807) is 6.92 Å². The zero-order valence-electron chi connectivity index (χ0n) is 8.81. The molecule has 0 aliphatic carbocycles. The van der Waals surface area contributed by atoms with Gasteiger partial charge >= 0.3 is 0 Å². The van der Waals surface area contributed by atoms with E-state index >= 15 is 0 Å². The number of carbonyl (C=O) groups is 2. The number of primary amides is 1. The van der Waals surface area contributed by atoms with E-state index in [4.69, 9.17) is 5.73 Å². The van der Waals surface area contributed by atoms with Crippen LogP contribution in [0.25, 0.3) is 0 Å². The predicted molar refractivity (Wildman–Crippen MR) is 55.0 cm³/mol. The summed E-state index contributed by atoms with van der Waals surface area (Å²) in [4.78, 5) is 27.1.